The highest BCUT2D eigenvalue weighted by molar-refractivity contribution is 6.06. The molecule has 2 aromatic carbocycles. The third kappa shape index (κ3) is 3.95. The number of H-pyrrole nitrogens is 1. The van der Waals surface area contributed by atoms with E-state index in [2.05, 4.69) is 20.5 Å². The minimum absolute atomic E-state index is 0.0302. The van der Waals surface area contributed by atoms with E-state index >= 15 is 0 Å². The summed E-state index contributed by atoms with van der Waals surface area (Å²) in [5, 5.41) is 8.40. The van der Waals surface area contributed by atoms with Crippen molar-refractivity contribution in [2.45, 2.75) is 32.6 Å². The number of anilines is 1. The van der Waals surface area contributed by atoms with Crippen LogP contribution in [-0.2, 0) is 11.3 Å². The first-order chi connectivity index (χ1) is 17.5. The highest BCUT2D eigenvalue weighted by Crippen LogP contribution is 2.26. The van der Waals surface area contributed by atoms with Gasteiger partial charge in [-0.15, -0.1) is 0 Å². The van der Waals surface area contributed by atoms with Crippen molar-refractivity contribution < 1.29 is 9.59 Å². The molecule has 2 atom stereocenters. The minimum atomic E-state index is -0.476. The molecule has 0 saturated carbocycles. The summed E-state index contributed by atoms with van der Waals surface area (Å²) < 4.78 is 0. The maximum absolute atomic E-state index is 13.5. The number of fused-ring (bicyclic) bond motifs is 6. The second-order valence-corrected chi connectivity index (χ2v) is 9.87. The van der Waals surface area contributed by atoms with Crippen LogP contribution < -0.4 is 10.6 Å². The molecule has 9 nitrogen and oxygen atoms in total. The second kappa shape index (κ2) is 8.91. The largest absolute Gasteiger partial charge is 0.360 e. The monoisotopic (exact) mass is 483 g/mol. The normalized spacial score (nSPS) is 20.8. The van der Waals surface area contributed by atoms with Gasteiger partial charge < -0.3 is 20.5 Å². The maximum atomic E-state index is 13.5. The Bertz CT molecular complexity index is 1460. The topological polar surface area (TPSA) is 106 Å². The lowest BCUT2D eigenvalue weighted by Crippen LogP contribution is -2.63. The van der Waals surface area contributed by atoms with E-state index in [-0.39, 0.29) is 23.9 Å². The Morgan fingerprint density at radius 3 is 2.61 bits per heavy atom. The molecule has 0 aliphatic carbocycles. The van der Waals surface area contributed by atoms with E-state index in [1.807, 2.05) is 67.3 Å². The number of hydrogen-bond donors (Lipinski definition) is 3. The number of nitrogens with one attached hydrogen (secondary N) is 3. The highest BCUT2D eigenvalue weighted by Gasteiger charge is 2.35. The Kier molecular flexibility index (Phi) is 5.56. The van der Waals surface area contributed by atoms with Crippen LogP contribution in [0.4, 0.5) is 5.82 Å². The molecule has 3 N–H and O–H groups in total. The summed E-state index contributed by atoms with van der Waals surface area (Å²) in [6.07, 6.45) is 1.43. The van der Waals surface area contributed by atoms with Gasteiger partial charge in [-0.1, -0.05) is 44.2 Å². The van der Waals surface area contributed by atoms with E-state index in [0.29, 0.717) is 43.4 Å². The van der Waals surface area contributed by atoms with Crippen LogP contribution in [0.2, 0.25) is 0 Å². The first-order valence-corrected chi connectivity index (χ1v) is 12.4. The predicted octanol–water partition coefficient (Wildman–Crippen LogP) is 2.96. The van der Waals surface area contributed by atoms with Gasteiger partial charge in [0.25, 0.3) is 5.91 Å². The molecule has 4 aromatic rings. The smallest absolute Gasteiger partial charge is 0.256 e. The number of aromatic nitrogens is 3. The van der Waals surface area contributed by atoms with Crippen LogP contribution in [0.15, 0.2) is 54.7 Å². The van der Waals surface area contributed by atoms with Gasteiger partial charge in [-0.2, -0.15) is 0 Å². The van der Waals surface area contributed by atoms with Gasteiger partial charge in [-0.05, 0) is 24.1 Å². The molecule has 1 fully saturated rings. The van der Waals surface area contributed by atoms with E-state index in [0.717, 1.165) is 21.8 Å². The molecule has 0 spiro atoms. The SMILES string of the molecule is CC(C)[C@@H]1Nc2nc(nc3ccccc23)CN2CCN(C(=O)c3c[nH]c4ccccc34)C[C@@H]2NC1=O. The van der Waals surface area contributed by atoms with Crippen molar-refractivity contribution in [1.29, 1.82) is 0 Å². The van der Waals surface area contributed by atoms with Crippen molar-refractivity contribution in [3.8, 4) is 0 Å². The molecule has 0 radical (unpaired) electrons. The molecule has 2 aromatic heterocycles. The van der Waals surface area contributed by atoms with Gasteiger partial charge in [-0.25, -0.2) is 9.97 Å². The lowest BCUT2D eigenvalue weighted by Gasteiger charge is -2.42. The fourth-order valence-electron chi connectivity index (χ4n) is 5.17. The fraction of sp³-hybridized carbons (Fsp3) is 0.333. The third-order valence-electron chi connectivity index (χ3n) is 7.14. The van der Waals surface area contributed by atoms with Crippen LogP contribution in [0.25, 0.3) is 21.8 Å². The van der Waals surface area contributed by atoms with Gasteiger partial charge in [0.1, 0.15) is 23.8 Å². The average molecular weight is 484 g/mol. The van der Waals surface area contributed by atoms with Crippen LogP contribution >= 0.6 is 0 Å². The number of rotatable bonds is 2. The molecular weight excluding hydrogens is 454 g/mol. The summed E-state index contributed by atoms with van der Waals surface area (Å²) in [5.41, 5.74) is 2.43. The number of benzene rings is 2. The summed E-state index contributed by atoms with van der Waals surface area (Å²) >= 11 is 0. The van der Waals surface area contributed by atoms with Crippen molar-refractivity contribution in [3.63, 3.8) is 0 Å². The Hall–Kier alpha value is -3.98. The van der Waals surface area contributed by atoms with Crippen LogP contribution in [-0.4, -0.2) is 68.4 Å². The van der Waals surface area contributed by atoms with Crippen LogP contribution in [0.1, 0.15) is 30.0 Å². The molecular formula is C27H29N7O2. The van der Waals surface area contributed by atoms with E-state index in [4.69, 9.17) is 9.97 Å². The van der Waals surface area contributed by atoms with Crippen molar-refractivity contribution in [1.82, 2.24) is 30.1 Å². The second-order valence-electron chi connectivity index (χ2n) is 9.87. The van der Waals surface area contributed by atoms with Crippen molar-refractivity contribution in [2.75, 3.05) is 25.0 Å². The summed E-state index contributed by atoms with van der Waals surface area (Å²) in [6.45, 7) is 6.04. The maximum Gasteiger partial charge on any atom is 0.256 e. The highest BCUT2D eigenvalue weighted by atomic mass is 16.2. The Morgan fingerprint density at radius 1 is 1.00 bits per heavy atom. The average Bonchev–Trinajstić information content (AvgIpc) is 3.31. The van der Waals surface area contributed by atoms with Gasteiger partial charge >= 0.3 is 0 Å². The van der Waals surface area contributed by atoms with Gasteiger partial charge in [0, 0.05) is 35.6 Å². The summed E-state index contributed by atoms with van der Waals surface area (Å²) in [7, 11) is 0. The molecule has 6 rings (SSSR count). The van der Waals surface area contributed by atoms with Crippen LogP contribution in [0.5, 0.6) is 0 Å². The Morgan fingerprint density at radius 2 is 1.78 bits per heavy atom. The lowest BCUT2D eigenvalue weighted by atomic mass is 10.0. The number of para-hydroxylation sites is 2. The van der Waals surface area contributed by atoms with Crippen LogP contribution in [0, 0.1) is 5.92 Å². The predicted molar refractivity (Wildman–Crippen MR) is 138 cm³/mol. The molecule has 9 heteroatoms. The van der Waals surface area contributed by atoms with Gasteiger partial charge in [0.15, 0.2) is 0 Å². The molecule has 2 bridgehead atoms. The number of carbonyl (C=O) groups is 2. The van der Waals surface area contributed by atoms with E-state index < -0.39 is 6.04 Å². The van der Waals surface area contributed by atoms with E-state index in [9.17, 15) is 9.59 Å². The zero-order valence-corrected chi connectivity index (χ0v) is 20.4. The zero-order valence-electron chi connectivity index (χ0n) is 20.4. The van der Waals surface area contributed by atoms with Crippen LogP contribution in [0.3, 0.4) is 0 Å². The molecule has 2 amide bonds. The van der Waals surface area contributed by atoms with E-state index in [1.165, 1.54) is 0 Å². The van der Waals surface area contributed by atoms with Crippen molar-refractivity contribution in [3.05, 3.63) is 66.1 Å². The molecule has 0 unspecified atom stereocenters. The van der Waals surface area contributed by atoms with Crippen molar-refractivity contribution in [2.24, 2.45) is 5.92 Å². The number of aromatic amines is 1. The first-order valence-electron chi connectivity index (χ1n) is 12.4. The molecule has 184 valence electrons. The number of carbonyl (C=O) groups excluding carboxylic acids is 2. The quantitative estimate of drug-likeness (QED) is 0.405. The number of piperazine rings is 1. The summed E-state index contributed by atoms with van der Waals surface area (Å²) in [6, 6.07) is 15.2. The van der Waals surface area contributed by atoms with Gasteiger partial charge in [-0.3, -0.25) is 14.5 Å². The molecule has 4 heterocycles. The van der Waals surface area contributed by atoms with E-state index in [1.54, 1.807) is 6.20 Å². The summed E-state index contributed by atoms with van der Waals surface area (Å²) in [5.74, 6) is 1.25. The number of hydrogen-bond acceptors (Lipinski definition) is 6. The molecule has 2 aliphatic heterocycles. The Balaban J connectivity index is 1.33. The van der Waals surface area contributed by atoms with Gasteiger partial charge in [0.2, 0.25) is 5.91 Å². The Labute approximate surface area is 208 Å². The third-order valence-corrected chi connectivity index (χ3v) is 7.14. The minimum Gasteiger partial charge on any atom is -0.360 e. The lowest BCUT2D eigenvalue weighted by molar-refractivity contribution is -0.125. The zero-order chi connectivity index (χ0) is 24.8. The molecule has 36 heavy (non-hydrogen) atoms. The first kappa shape index (κ1) is 22.5. The van der Waals surface area contributed by atoms with Crippen molar-refractivity contribution >= 4 is 39.4 Å². The molecule has 2 aliphatic rings. The standard InChI is InChI=1S/C27H29N7O2/c1-16(2)24-26(35)31-23-15-34(27(36)19-13-28-20-9-5-3-7-17(19)20)12-11-33(23)14-22-29-21-10-6-4-8-18(21)25(30-22)32-24/h3-10,13,16,23-24,28H,11-12,14-15H2,1-2H3,(H,31,35)(H,29,30,32)/t23-,24+/m1/s1. The fourth-order valence-corrected chi connectivity index (χ4v) is 5.17. The van der Waals surface area contributed by atoms with Gasteiger partial charge in [0.05, 0.1) is 24.2 Å². The number of amides is 2. The summed E-state index contributed by atoms with van der Waals surface area (Å²) in [4.78, 5) is 43.8. The number of nitrogens with zero attached hydrogens (tertiary/aromatic N) is 4. The molecule has 1 saturated heterocycles.